The number of ether oxygens (including phenoxy) is 2. The van der Waals surface area contributed by atoms with Crippen LogP contribution in [-0.4, -0.2) is 16.7 Å². The van der Waals surface area contributed by atoms with Gasteiger partial charge in [-0.1, -0.05) is 0 Å². The molecule has 0 amide bonds. The number of halogens is 3. The van der Waals surface area contributed by atoms with Crippen LogP contribution in [0.5, 0.6) is 11.6 Å². The number of hydrogen-bond acceptors (Lipinski definition) is 3. The standard InChI is InChI=1S/C13H16F3NO2/c1-12(2,3)19-10-7-6-9(18-8-4-5-8)11(17-10)13(14,15)16/h6-8H,4-5H2,1-3H3. The highest BCUT2D eigenvalue weighted by atomic mass is 19.4. The van der Waals surface area contributed by atoms with E-state index in [4.69, 9.17) is 9.47 Å². The number of rotatable bonds is 3. The molecule has 0 radical (unpaired) electrons. The maximum atomic E-state index is 12.9. The van der Waals surface area contributed by atoms with Crippen LogP contribution < -0.4 is 9.47 Å². The summed E-state index contributed by atoms with van der Waals surface area (Å²) in [6, 6.07) is 2.67. The Morgan fingerprint density at radius 3 is 2.26 bits per heavy atom. The minimum Gasteiger partial charge on any atom is -0.488 e. The molecule has 1 aliphatic rings. The Kier molecular flexibility index (Phi) is 3.36. The first kappa shape index (κ1) is 14.0. The lowest BCUT2D eigenvalue weighted by Crippen LogP contribution is -2.24. The third-order valence-corrected chi connectivity index (χ3v) is 2.33. The molecule has 1 saturated carbocycles. The second kappa shape index (κ2) is 4.58. The van der Waals surface area contributed by atoms with E-state index in [0.29, 0.717) is 0 Å². The normalized spacial score (nSPS) is 16.3. The Morgan fingerprint density at radius 2 is 1.79 bits per heavy atom. The average Bonchev–Trinajstić information content (AvgIpc) is 3.00. The molecule has 0 N–H and O–H groups in total. The largest absolute Gasteiger partial charge is 0.488 e. The molecule has 0 aromatic carbocycles. The van der Waals surface area contributed by atoms with Crippen LogP contribution in [0.4, 0.5) is 13.2 Å². The summed E-state index contributed by atoms with van der Waals surface area (Å²) in [7, 11) is 0. The van der Waals surface area contributed by atoms with Crippen molar-refractivity contribution in [3.8, 4) is 11.6 Å². The van der Waals surface area contributed by atoms with E-state index in [1.807, 2.05) is 0 Å². The van der Waals surface area contributed by atoms with Crippen molar-refractivity contribution >= 4 is 0 Å². The number of hydrogen-bond donors (Lipinski definition) is 0. The molecule has 0 unspecified atom stereocenters. The molecule has 6 heteroatoms. The van der Waals surface area contributed by atoms with Crippen LogP contribution in [0.2, 0.25) is 0 Å². The van der Waals surface area contributed by atoms with Crippen molar-refractivity contribution in [1.82, 2.24) is 4.98 Å². The molecule has 3 nitrogen and oxygen atoms in total. The molecule has 1 aromatic heterocycles. The zero-order chi connectivity index (χ0) is 14.3. The van der Waals surface area contributed by atoms with Crippen LogP contribution in [0.15, 0.2) is 12.1 Å². The quantitative estimate of drug-likeness (QED) is 0.840. The Bertz CT molecular complexity index is 462. The summed E-state index contributed by atoms with van der Waals surface area (Å²) in [5, 5.41) is 0. The van der Waals surface area contributed by atoms with Gasteiger partial charge >= 0.3 is 6.18 Å². The Labute approximate surface area is 109 Å². The van der Waals surface area contributed by atoms with Gasteiger partial charge in [0.2, 0.25) is 5.88 Å². The smallest absolute Gasteiger partial charge is 0.437 e. The van der Waals surface area contributed by atoms with Gasteiger partial charge in [-0.3, -0.25) is 0 Å². The summed E-state index contributed by atoms with van der Waals surface area (Å²) in [4.78, 5) is 3.54. The molecule has 0 atom stereocenters. The van der Waals surface area contributed by atoms with E-state index in [2.05, 4.69) is 4.98 Å². The summed E-state index contributed by atoms with van der Waals surface area (Å²) in [5.74, 6) is -0.278. The zero-order valence-corrected chi connectivity index (χ0v) is 11.0. The molecule has 0 bridgehead atoms. The lowest BCUT2D eigenvalue weighted by Gasteiger charge is -2.21. The van der Waals surface area contributed by atoms with Crippen molar-refractivity contribution in [2.45, 2.75) is 51.5 Å². The zero-order valence-electron chi connectivity index (χ0n) is 11.0. The van der Waals surface area contributed by atoms with Crippen LogP contribution in [-0.2, 0) is 6.18 Å². The number of alkyl halides is 3. The number of aromatic nitrogens is 1. The molecule has 0 saturated heterocycles. The fourth-order valence-corrected chi connectivity index (χ4v) is 1.46. The molecule has 0 aliphatic heterocycles. The van der Waals surface area contributed by atoms with Crippen molar-refractivity contribution in [2.75, 3.05) is 0 Å². The van der Waals surface area contributed by atoms with E-state index in [1.165, 1.54) is 12.1 Å². The Hall–Kier alpha value is -1.46. The SMILES string of the molecule is CC(C)(C)Oc1ccc(OC2CC2)c(C(F)(F)F)n1. The highest BCUT2D eigenvalue weighted by molar-refractivity contribution is 5.34. The van der Waals surface area contributed by atoms with Gasteiger partial charge in [0.15, 0.2) is 11.4 Å². The minimum atomic E-state index is -4.55. The van der Waals surface area contributed by atoms with Crippen molar-refractivity contribution in [1.29, 1.82) is 0 Å². The molecule has 1 aliphatic carbocycles. The Morgan fingerprint density at radius 1 is 1.16 bits per heavy atom. The monoisotopic (exact) mass is 275 g/mol. The van der Waals surface area contributed by atoms with E-state index in [1.54, 1.807) is 20.8 Å². The van der Waals surface area contributed by atoms with Gasteiger partial charge in [0.1, 0.15) is 5.60 Å². The van der Waals surface area contributed by atoms with Gasteiger partial charge in [-0.25, -0.2) is 4.98 Å². The lowest BCUT2D eigenvalue weighted by atomic mass is 10.2. The maximum Gasteiger partial charge on any atom is 0.437 e. The van der Waals surface area contributed by atoms with Gasteiger partial charge in [-0.05, 0) is 39.7 Å². The molecular weight excluding hydrogens is 259 g/mol. The fourth-order valence-electron chi connectivity index (χ4n) is 1.46. The third-order valence-electron chi connectivity index (χ3n) is 2.33. The topological polar surface area (TPSA) is 31.4 Å². The van der Waals surface area contributed by atoms with E-state index >= 15 is 0 Å². The van der Waals surface area contributed by atoms with Crippen molar-refractivity contribution in [3.63, 3.8) is 0 Å². The van der Waals surface area contributed by atoms with E-state index in [-0.39, 0.29) is 17.7 Å². The first-order valence-electron chi connectivity index (χ1n) is 6.09. The summed E-state index contributed by atoms with van der Waals surface area (Å²) in [6.07, 6.45) is -3.09. The summed E-state index contributed by atoms with van der Waals surface area (Å²) in [5.41, 5.74) is -1.63. The number of pyridine rings is 1. The third kappa shape index (κ3) is 4.01. The van der Waals surface area contributed by atoms with Gasteiger partial charge in [0.25, 0.3) is 0 Å². The van der Waals surface area contributed by atoms with E-state index < -0.39 is 17.5 Å². The van der Waals surface area contributed by atoms with Crippen molar-refractivity contribution in [2.24, 2.45) is 0 Å². The molecule has 1 aromatic rings. The summed E-state index contributed by atoms with van der Waals surface area (Å²) < 4.78 is 49.4. The average molecular weight is 275 g/mol. The summed E-state index contributed by atoms with van der Waals surface area (Å²) in [6.45, 7) is 5.24. The van der Waals surface area contributed by atoms with Crippen molar-refractivity contribution in [3.05, 3.63) is 17.8 Å². The first-order valence-corrected chi connectivity index (χ1v) is 6.09. The van der Waals surface area contributed by atoms with Gasteiger partial charge in [0, 0.05) is 6.07 Å². The highest BCUT2D eigenvalue weighted by Gasteiger charge is 2.39. The van der Waals surface area contributed by atoms with Crippen LogP contribution in [0, 0.1) is 0 Å². The first-order chi connectivity index (χ1) is 8.65. The molecular formula is C13H16F3NO2. The highest BCUT2D eigenvalue weighted by Crippen LogP contribution is 2.38. The molecule has 1 fully saturated rings. The second-order valence-electron chi connectivity index (χ2n) is 5.53. The molecule has 1 heterocycles. The van der Waals surface area contributed by atoms with E-state index in [9.17, 15) is 13.2 Å². The Balaban J connectivity index is 2.29. The van der Waals surface area contributed by atoms with Crippen LogP contribution >= 0.6 is 0 Å². The summed E-state index contributed by atoms with van der Waals surface area (Å²) >= 11 is 0. The molecule has 106 valence electrons. The van der Waals surface area contributed by atoms with Gasteiger partial charge in [-0.15, -0.1) is 0 Å². The minimum absolute atomic E-state index is 0.0528. The van der Waals surface area contributed by atoms with Crippen LogP contribution in [0.25, 0.3) is 0 Å². The molecule has 0 spiro atoms. The van der Waals surface area contributed by atoms with Crippen LogP contribution in [0.3, 0.4) is 0 Å². The molecule has 2 rings (SSSR count). The van der Waals surface area contributed by atoms with Gasteiger partial charge < -0.3 is 9.47 Å². The van der Waals surface area contributed by atoms with Crippen molar-refractivity contribution < 1.29 is 22.6 Å². The van der Waals surface area contributed by atoms with Gasteiger partial charge in [-0.2, -0.15) is 13.2 Å². The van der Waals surface area contributed by atoms with Crippen LogP contribution in [0.1, 0.15) is 39.3 Å². The second-order valence-corrected chi connectivity index (χ2v) is 5.53. The predicted molar refractivity (Wildman–Crippen MR) is 63.3 cm³/mol. The van der Waals surface area contributed by atoms with Gasteiger partial charge in [0.05, 0.1) is 6.10 Å². The fraction of sp³-hybridized carbons (Fsp3) is 0.615. The predicted octanol–water partition coefficient (Wildman–Crippen LogP) is 3.82. The lowest BCUT2D eigenvalue weighted by molar-refractivity contribution is -0.143. The molecule has 19 heavy (non-hydrogen) atoms. The van der Waals surface area contributed by atoms with E-state index in [0.717, 1.165) is 12.8 Å². The maximum absolute atomic E-state index is 12.9. The number of nitrogens with zero attached hydrogens (tertiary/aromatic N) is 1.